The highest BCUT2D eigenvalue weighted by atomic mass is 32.2. The Morgan fingerprint density at radius 1 is 1.14 bits per heavy atom. The zero-order chi connectivity index (χ0) is 17.0. The van der Waals surface area contributed by atoms with E-state index in [1.54, 1.807) is 0 Å². The van der Waals surface area contributed by atoms with Crippen LogP contribution in [0, 0.1) is 5.92 Å². The van der Waals surface area contributed by atoms with Crippen molar-refractivity contribution < 1.29 is 8.42 Å². The summed E-state index contributed by atoms with van der Waals surface area (Å²) >= 11 is 0. The maximum atomic E-state index is 11.5. The van der Waals surface area contributed by atoms with Crippen LogP contribution >= 0.6 is 0 Å². The smallest absolute Gasteiger partial charge is 0.211 e. The predicted molar refractivity (Wildman–Crippen MR) is 94.8 cm³/mol. The largest absolute Gasteiger partial charge is 0.357 e. The minimum atomic E-state index is -3.09. The fourth-order valence-corrected chi connectivity index (χ4v) is 3.06. The molecule has 0 saturated carbocycles. The van der Waals surface area contributed by atoms with Crippen LogP contribution < -0.4 is 10.6 Å². The zero-order valence-corrected chi connectivity index (χ0v) is 15.7. The van der Waals surface area contributed by atoms with Crippen LogP contribution in [0.2, 0.25) is 0 Å². The molecule has 0 fully saturated rings. The monoisotopic (exact) mass is 334 g/mol. The Morgan fingerprint density at radius 3 is 2.23 bits per heavy atom. The number of hydrogen-bond acceptors (Lipinski definition) is 3. The lowest BCUT2D eigenvalue weighted by atomic mass is 10.0. The van der Waals surface area contributed by atoms with Crippen molar-refractivity contribution in [2.45, 2.75) is 47.0 Å². The van der Waals surface area contributed by atoms with Crippen molar-refractivity contribution in [1.82, 2.24) is 14.9 Å². The number of sulfonamides is 1. The molecule has 0 bridgehead atoms. The van der Waals surface area contributed by atoms with E-state index in [-0.39, 0.29) is 0 Å². The normalized spacial score (nSPS) is 13.0. The topological polar surface area (TPSA) is 73.8 Å². The molecule has 0 spiro atoms. The van der Waals surface area contributed by atoms with Gasteiger partial charge in [0.2, 0.25) is 10.0 Å². The van der Waals surface area contributed by atoms with Crippen molar-refractivity contribution >= 4 is 16.0 Å². The molecule has 0 saturated heterocycles. The third-order valence-electron chi connectivity index (χ3n) is 3.70. The lowest BCUT2D eigenvalue weighted by Crippen LogP contribution is -2.39. The van der Waals surface area contributed by atoms with E-state index in [1.807, 2.05) is 13.8 Å². The summed E-state index contributed by atoms with van der Waals surface area (Å²) in [6, 6.07) is 0. The second kappa shape index (κ2) is 11.7. The van der Waals surface area contributed by atoms with Crippen molar-refractivity contribution in [3.63, 3.8) is 0 Å². The van der Waals surface area contributed by atoms with Crippen LogP contribution in [0.25, 0.3) is 0 Å². The van der Waals surface area contributed by atoms with Crippen molar-refractivity contribution in [1.29, 1.82) is 0 Å². The molecule has 132 valence electrons. The van der Waals surface area contributed by atoms with E-state index >= 15 is 0 Å². The Kier molecular flexibility index (Phi) is 11.3. The maximum Gasteiger partial charge on any atom is 0.211 e. The van der Waals surface area contributed by atoms with Gasteiger partial charge in [-0.3, -0.25) is 4.99 Å². The number of rotatable bonds is 11. The first-order valence-electron chi connectivity index (χ1n) is 8.36. The Balaban J connectivity index is 4.28. The van der Waals surface area contributed by atoms with Gasteiger partial charge in [-0.05, 0) is 19.3 Å². The minimum absolute atomic E-state index is 0.516. The van der Waals surface area contributed by atoms with Gasteiger partial charge in [-0.25, -0.2) is 12.7 Å². The Bertz CT molecular complexity index is 406. The first-order valence-corrected chi connectivity index (χ1v) is 10.2. The summed E-state index contributed by atoms with van der Waals surface area (Å²) in [5.41, 5.74) is 0. The molecule has 0 aromatic rings. The highest BCUT2D eigenvalue weighted by molar-refractivity contribution is 7.88. The van der Waals surface area contributed by atoms with Crippen LogP contribution in [0.15, 0.2) is 4.99 Å². The summed E-state index contributed by atoms with van der Waals surface area (Å²) in [7, 11) is -3.09. The zero-order valence-electron chi connectivity index (χ0n) is 14.9. The van der Waals surface area contributed by atoms with E-state index < -0.39 is 10.0 Å². The molecule has 0 heterocycles. The van der Waals surface area contributed by atoms with E-state index in [2.05, 4.69) is 29.5 Å². The first-order chi connectivity index (χ1) is 10.4. The summed E-state index contributed by atoms with van der Waals surface area (Å²) in [4.78, 5) is 4.60. The highest BCUT2D eigenvalue weighted by Gasteiger charge is 2.13. The molecule has 0 aliphatic rings. The molecule has 7 heteroatoms. The third-order valence-corrected chi connectivity index (χ3v) is 5.08. The van der Waals surface area contributed by atoms with Gasteiger partial charge in [-0.1, -0.05) is 33.6 Å². The van der Waals surface area contributed by atoms with Crippen LogP contribution in [0.3, 0.4) is 0 Å². The van der Waals surface area contributed by atoms with Gasteiger partial charge in [0.25, 0.3) is 0 Å². The quantitative estimate of drug-likeness (QED) is 0.342. The first kappa shape index (κ1) is 21.2. The van der Waals surface area contributed by atoms with Gasteiger partial charge in [0.1, 0.15) is 0 Å². The van der Waals surface area contributed by atoms with Gasteiger partial charge >= 0.3 is 0 Å². The summed E-state index contributed by atoms with van der Waals surface area (Å²) in [5, 5.41) is 6.50. The summed E-state index contributed by atoms with van der Waals surface area (Å²) in [6.45, 7) is 11.7. The summed E-state index contributed by atoms with van der Waals surface area (Å²) < 4.78 is 24.5. The average Bonchev–Trinajstić information content (AvgIpc) is 2.46. The lowest BCUT2D eigenvalue weighted by Gasteiger charge is -2.18. The van der Waals surface area contributed by atoms with Crippen LogP contribution in [0.4, 0.5) is 0 Å². The molecular weight excluding hydrogens is 300 g/mol. The fourth-order valence-electron chi connectivity index (χ4n) is 2.13. The van der Waals surface area contributed by atoms with E-state index in [1.165, 1.54) is 10.6 Å². The van der Waals surface area contributed by atoms with Gasteiger partial charge in [-0.2, -0.15) is 0 Å². The van der Waals surface area contributed by atoms with Crippen molar-refractivity contribution in [2.24, 2.45) is 10.9 Å². The molecular formula is C15H34N4O2S. The maximum absolute atomic E-state index is 11.5. The van der Waals surface area contributed by atoms with E-state index in [9.17, 15) is 8.42 Å². The third kappa shape index (κ3) is 9.25. The molecule has 0 rings (SSSR count). The van der Waals surface area contributed by atoms with E-state index in [4.69, 9.17) is 0 Å². The molecule has 0 aliphatic heterocycles. The Morgan fingerprint density at radius 2 is 1.77 bits per heavy atom. The van der Waals surface area contributed by atoms with Gasteiger partial charge < -0.3 is 10.6 Å². The van der Waals surface area contributed by atoms with Crippen LogP contribution in [0.5, 0.6) is 0 Å². The Hall–Kier alpha value is -0.820. The Labute approximate surface area is 136 Å². The van der Waals surface area contributed by atoms with Gasteiger partial charge in [-0.15, -0.1) is 0 Å². The number of nitrogens with one attached hydrogen (secondary N) is 2. The molecule has 6 nitrogen and oxygen atoms in total. The molecule has 0 radical (unpaired) electrons. The molecule has 2 N–H and O–H groups in total. The van der Waals surface area contributed by atoms with Crippen molar-refractivity contribution in [2.75, 3.05) is 39.0 Å². The molecule has 22 heavy (non-hydrogen) atoms. The molecule has 0 atom stereocenters. The predicted octanol–water partition coefficient (Wildman–Crippen LogP) is 1.65. The van der Waals surface area contributed by atoms with Crippen LogP contribution in [0.1, 0.15) is 47.0 Å². The van der Waals surface area contributed by atoms with Crippen molar-refractivity contribution in [3.05, 3.63) is 0 Å². The second-order valence-electron chi connectivity index (χ2n) is 5.44. The standard InChI is InChI=1S/C15H34N4O2S/c1-6-14(7-2)13-18-15(16-8-3)17-11-10-12-19(9-4)22(5,20)21/h14H,6-13H2,1-5H3,(H2,16,17,18). The molecule has 0 aromatic heterocycles. The number of guanidine groups is 1. The van der Waals surface area contributed by atoms with Crippen LogP contribution in [-0.4, -0.2) is 57.7 Å². The number of hydrogen-bond donors (Lipinski definition) is 2. The van der Waals surface area contributed by atoms with Gasteiger partial charge in [0, 0.05) is 32.7 Å². The van der Waals surface area contributed by atoms with Crippen molar-refractivity contribution in [3.8, 4) is 0 Å². The lowest BCUT2D eigenvalue weighted by molar-refractivity contribution is 0.424. The minimum Gasteiger partial charge on any atom is -0.357 e. The molecule has 0 amide bonds. The second-order valence-corrected chi connectivity index (χ2v) is 7.42. The van der Waals surface area contributed by atoms with E-state index in [0.717, 1.165) is 38.3 Å². The molecule has 0 aliphatic carbocycles. The van der Waals surface area contributed by atoms with E-state index in [0.29, 0.717) is 25.6 Å². The summed E-state index contributed by atoms with van der Waals surface area (Å²) in [5.74, 6) is 1.44. The van der Waals surface area contributed by atoms with Gasteiger partial charge in [0.05, 0.1) is 6.26 Å². The highest BCUT2D eigenvalue weighted by Crippen LogP contribution is 2.07. The SMILES string of the molecule is CCNC(=NCC(CC)CC)NCCCN(CC)S(C)(=O)=O. The molecule has 0 unspecified atom stereocenters. The number of nitrogens with zero attached hydrogens (tertiary/aromatic N) is 2. The van der Waals surface area contributed by atoms with Gasteiger partial charge in [0.15, 0.2) is 5.96 Å². The molecule has 0 aromatic carbocycles. The average molecular weight is 335 g/mol. The summed E-state index contributed by atoms with van der Waals surface area (Å²) in [6.07, 6.45) is 4.29. The number of aliphatic imine (C=N–C) groups is 1. The van der Waals surface area contributed by atoms with Crippen LogP contribution in [-0.2, 0) is 10.0 Å². The fraction of sp³-hybridized carbons (Fsp3) is 0.933.